The Balaban J connectivity index is 2.59. The van der Waals surface area contributed by atoms with Gasteiger partial charge in [-0.2, -0.15) is 0 Å². The molecule has 0 unspecified atom stereocenters. The quantitative estimate of drug-likeness (QED) is 0.741. The summed E-state index contributed by atoms with van der Waals surface area (Å²) in [6, 6.07) is 5.40. The average molecular weight is 254 g/mol. The number of nitrogens with zero attached hydrogens (tertiary/aromatic N) is 1. The van der Waals surface area contributed by atoms with Crippen molar-refractivity contribution in [2.24, 2.45) is 4.99 Å². The summed E-state index contributed by atoms with van der Waals surface area (Å²) in [7, 11) is 0. The number of halogens is 1. The van der Waals surface area contributed by atoms with E-state index in [9.17, 15) is 4.79 Å². The van der Waals surface area contributed by atoms with Crippen LogP contribution in [-0.4, -0.2) is 11.7 Å². The lowest BCUT2D eigenvalue weighted by Crippen LogP contribution is -2.38. The van der Waals surface area contributed by atoms with E-state index in [2.05, 4.69) is 31.8 Å². The minimum Gasteiger partial charge on any atom is -0.285 e. The van der Waals surface area contributed by atoms with Crippen molar-refractivity contribution in [3.8, 4) is 0 Å². The summed E-state index contributed by atoms with van der Waals surface area (Å²) < 4.78 is 0.862. The molecule has 0 aliphatic carbocycles. The largest absolute Gasteiger partial charge is 0.285 e. The van der Waals surface area contributed by atoms with Crippen molar-refractivity contribution in [2.75, 3.05) is 0 Å². The monoisotopic (exact) mass is 253 g/mol. The second-order valence-electron chi connectivity index (χ2n) is 2.94. The van der Waals surface area contributed by atoms with E-state index in [1.54, 1.807) is 19.1 Å². The molecule has 1 aromatic rings. The molecule has 4 nitrogen and oxygen atoms in total. The SMILES string of the molecule is CC1=Nc2ccc(Br)cc2C(=O)NN1. The van der Waals surface area contributed by atoms with Crippen molar-refractivity contribution >= 4 is 33.4 Å². The van der Waals surface area contributed by atoms with Crippen LogP contribution in [0.1, 0.15) is 17.3 Å². The van der Waals surface area contributed by atoms with E-state index in [1.807, 2.05) is 6.07 Å². The Bertz CT molecular complexity index is 428. The summed E-state index contributed by atoms with van der Waals surface area (Å²) in [5.74, 6) is 0.487. The number of nitrogens with one attached hydrogen (secondary N) is 2. The van der Waals surface area contributed by atoms with Gasteiger partial charge in [-0.1, -0.05) is 15.9 Å². The number of benzene rings is 1. The lowest BCUT2D eigenvalue weighted by atomic mass is 10.2. The van der Waals surface area contributed by atoms with Gasteiger partial charge in [-0.05, 0) is 25.1 Å². The first kappa shape index (κ1) is 9.21. The van der Waals surface area contributed by atoms with Crippen molar-refractivity contribution in [3.63, 3.8) is 0 Å². The number of aliphatic imine (C=N–C) groups is 1. The summed E-state index contributed by atoms with van der Waals surface area (Å²) >= 11 is 3.31. The second-order valence-corrected chi connectivity index (χ2v) is 3.85. The standard InChI is InChI=1S/C9H8BrN3O/c1-5-11-8-3-2-6(10)4-7(8)9(14)13-12-5/h2-4H,1H3,(H,11,12)(H,13,14). The molecular formula is C9H8BrN3O. The van der Waals surface area contributed by atoms with E-state index in [0.717, 1.165) is 4.47 Å². The molecule has 0 aromatic heterocycles. The minimum atomic E-state index is -0.179. The number of carbonyl (C=O) groups excluding carboxylic acids is 1. The van der Waals surface area contributed by atoms with E-state index in [0.29, 0.717) is 17.1 Å². The Labute approximate surface area is 89.5 Å². The number of fused-ring (bicyclic) bond motifs is 1. The first-order chi connectivity index (χ1) is 6.66. The van der Waals surface area contributed by atoms with Gasteiger partial charge in [0.15, 0.2) is 0 Å². The molecule has 2 N–H and O–H groups in total. The number of amides is 1. The maximum atomic E-state index is 11.5. The number of carbonyl (C=O) groups is 1. The molecule has 72 valence electrons. The van der Waals surface area contributed by atoms with Crippen LogP contribution in [0.25, 0.3) is 0 Å². The second kappa shape index (κ2) is 3.42. The van der Waals surface area contributed by atoms with Gasteiger partial charge in [0, 0.05) is 4.47 Å². The molecule has 1 aliphatic heterocycles. The molecule has 1 aliphatic rings. The van der Waals surface area contributed by atoms with Gasteiger partial charge < -0.3 is 0 Å². The fourth-order valence-electron chi connectivity index (χ4n) is 1.21. The zero-order chi connectivity index (χ0) is 10.1. The fraction of sp³-hybridized carbons (Fsp3) is 0.111. The Hall–Kier alpha value is -1.36. The van der Waals surface area contributed by atoms with Gasteiger partial charge in [0.25, 0.3) is 5.91 Å². The zero-order valence-corrected chi connectivity index (χ0v) is 9.05. The predicted molar refractivity (Wildman–Crippen MR) is 57.5 cm³/mol. The molecular weight excluding hydrogens is 246 g/mol. The smallest absolute Gasteiger partial charge is 0.271 e. The lowest BCUT2D eigenvalue weighted by molar-refractivity contribution is 0.0945. The molecule has 0 spiro atoms. The number of rotatable bonds is 0. The molecule has 2 rings (SSSR count). The molecule has 0 saturated carbocycles. The van der Waals surface area contributed by atoms with E-state index in [-0.39, 0.29) is 5.91 Å². The van der Waals surface area contributed by atoms with Crippen LogP contribution in [0.5, 0.6) is 0 Å². The lowest BCUT2D eigenvalue weighted by Gasteiger charge is -2.02. The molecule has 0 radical (unpaired) electrons. The van der Waals surface area contributed by atoms with Crippen molar-refractivity contribution in [1.82, 2.24) is 10.9 Å². The fourth-order valence-corrected chi connectivity index (χ4v) is 1.57. The summed E-state index contributed by atoms with van der Waals surface area (Å²) in [5.41, 5.74) is 6.47. The van der Waals surface area contributed by atoms with Crippen LogP contribution in [0.3, 0.4) is 0 Å². The van der Waals surface area contributed by atoms with Crippen LogP contribution in [0.2, 0.25) is 0 Å². The molecule has 1 amide bonds. The predicted octanol–water partition coefficient (Wildman–Crippen LogP) is 1.75. The third-order valence-corrected chi connectivity index (χ3v) is 2.34. The van der Waals surface area contributed by atoms with E-state index < -0.39 is 0 Å². The van der Waals surface area contributed by atoms with Crippen LogP contribution in [0.15, 0.2) is 27.7 Å². The summed E-state index contributed by atoms with van der Waals surface area (Å²) in [6.45, 7) is 1.79. The molecule has 5 heteroatoms. The Kier molecular flexibility index (Phi) is 2.25. The van der Waals surface area contributed by atoms with Crippen molar-refractivity contribution in [3.05, 3.63) is 28.2 Å². The topological polar surface area (TPSA) is 53.5 Å². The Morgan fingerprint density at radius 2 is 2.14 bits per heavy atom. The van der Waals surface area contributed by atoms with Crippen LogP contribution in [0.4, 0.5) is 5.69 Å². The summed E-state index contributed by atoms with van der Waals surface area (Å²) in [6.07, 6.45) is 0. The van der Waals surface area contributed by atoms with Crippen LogP contribution in [-0.2, 0) is 0 Å². The van der Waals surface area contributed by atoms with Gasteiger partial charge in [0.2, 0.25) is 0 Å². The maximum absolute atomic E-state index is 11.5. The van der Waals surface area contributed by atoms with Crippen LogP contribution >= 0.6 is 15.9 Å². The highest BCUT2D eigenvalue weighted by molar-refractivity contribution is 9.10. The number of hydrazine groups is 1. The molecule has 0 fully saturated rings. The highest BCUT2D eigenvalue weighted by Gasteiger charge is 2.14. The molecule has 0 atom stereocenters. The number of amidine groups is 1. The highest BCUT2D eigenvalue weighted by Crippen LogP contribution is 2.24. The summed E-state index contributed by atoms with van der Waals surface area (Å²) in [5, 5.41) is 0. The van der Waals surface area contributed by atoms with Gasteiger partial charge in [-0.3, -0.25) is 15.6 Å². The van der Waals surface area contributed by atoms with Crippen molar-refractivity contribution in [2.45, 2.75) is 6.92 Å². The number of hydrogen-bond acceptors (Lipinski definition) is 3. The normalized spacial score (nSPS) is 14.7. The molecule has 14 heavy (non-hydrogen) atoms. The third kappa shape index (κ3) is 1.63. The average Bonchev–Trinajstić information content (AvgIpc) is 2.29. The first-order valence-electron chi connectivity index (χ1n) is 4.08. The molecule has 0 bridgehead atoms. The van der Waals surface area contributed by atoms with Gasteiger partial charge in [-0.15, -0.1) is 0 Å². The van der Waals surface area contributed by atoms with E-state index in [1.165, 1.54) is 0 Å². The number of hydrogen-bond donors (Lipinski definition) is 2. The van der Waals surface area contributed by atoms with E-state index in [4.69, 9.17) is 0 Å². The molecule has 0 saturated heterocycles. The van der Waals surface area contributed by atoms with Crippen LogP contribution in [0, 0.1) is 0 Å². The highest BCUT2D eigenvalue weighted by atomic mass is 79.9. The minimum absolute atomic E-state index is 0.179. The van der Waals surface area contributed by atoms with E-state index >= 15 is 0 Å². The van der Waals surface area contributed by atoms with Crippen molar-refractivity contribution in [1.29, 1.82) is 0 Å². The summed E-state index contributed by atoms with van der Waals surface area (Å²) in [4.78, 5) is 15.8. The maximum Gasteiger partial charge on any atom is 0.271 e. The Morgan fingerprint density at radius 1 is 1.36 bits per heavy atom. The third-order valence-electron chi connectivity index (χ3n) is 1.85. The molecule has 1 aromatic carbocycles. The van der Waals surface area contributed by atoms with Crippen molar-refractivity contribution < 1.29 is 4.79 Å². The van der Waals surface area contributed by atoms with Crippen LogP contribution < -0.4 is 10.9 Å². The van der Waals surface area contributed by atoms with Gasteiger partial charge in [-0.25, -0.2) is 4.99 Å². The zero-order valence-electron chi connectivity index (χ0n) is 7.47. The Morgan fingerprint density at radius 3 is 2.93 bits per heavy atom. The van der Waals surface area contributed by atoms with Gasteiger partial charge in [0.05, 0.1) is 11.3 Å². The molecule has 1 heterocycles. The van der Waals surface area contributed by atoms with Gasteiger partial charge in [0.1, 0.15) is 5.84 Å². The first-order valence-corrected chi connectivity index (χ1v) is 4.87. The van der Waals surface area contributed by atoms with Gasteiger partial charge >= 0.3 is 0 Å².